The summed E-state index contributed by atoms with van der Waals surface area (Å²) in [5.41, 5.74) is 0.517. The molecule has 0 radical (unpaired) electrons. The fourth-order valence-corrected chi connectivity index (χ4v) is 7.31. The topological polar surface area (TPSA) is 58.9 Å². The number of ether oxygens (including phenoxy) is 2. The molecule has 0 aliphatic heterocycles. The van der Waals surface area contributed by atoms with Crippen molar-refractivity contribution in [1.29, 1.82) is 0 Å². The van der Waals surface area contributed by atoms with Crippen molar-refractivity contribution in [3.8, 4) is 0 Å². The monoisotopic (exact) mass is 350 g/mol. The first-order chi connectivity index (χ1) is 12.0. The van der Waals surface area contributed by atoms with Crippen LogP contribution in [0.2, 0.25) is 0 Å². The van der Waals surface area contributed by atoms with Gasteiger partial charge in [-0.15, -0.1) is 0 Å². The molecule has 4 heteroatoms. The normalized spacial score (nSPS) is 51.7. The molecule has 0 amide bonds. The molecule has 0 saturated heterocycles. The van der Waals surface area contributed by atoms with E-state index >= 15 is 0 Å². The second-order valence-corrected chi connectivity index (χ2v) is 9.35. The summed E-state index contributed by atoms with van der Waals surface area (Å²) in [5.74, 6) is 2.95. The van der Waals surface area contributed by atoms with Crippen LogP contribution in [-0.4, -0.2) is 36.0 Å². The number of aliphatic hydroxyl groups is 2. The third-order valence-corrected chi connectivity index (χ3v) is 8.63. The highest BCUT2D eigenvalue weighted by Gasteiger charge is 2.59. The van der Waals surface area contributed by atoms with E-state index in [0.29, 0.717) is 5.92 Å². The van der Waals surface area contributed by atoms with Crippen LogP contribution in [0.5, 0.6) is 0 Å². The number of rotatable bonds is 4. The Morgan fingerprint density at radius 2 is 1.76 bits per heavy atom. The second kappa shape index (κ2) is 6.63. The Hall–Kier alpha value is -0.420. The van der Waals surface area contributed by atoms with Gasteiger partial charge in [-0.05, 0) is 79.4 Å². The Morgan fingerprint density at radius 3 is 2.52 bits per heavy atom. The van der Waals surface area contributed by atoms with Crippen LogP contribution in [0.1, 0.15) is 58.8 Å². The molecule has 25 heavy (non-hydrogen) atoms. The zero-order valence-corrected chi connectivity index (χ0v) is 15.7. The summed E-state index contributed by atoms with van der Waals surface area (Å²) in [6.45, 7) is 4.56. The van der Waals surface area contributed by atoms with Crippen LogP contribution in [0, 0.1) is 34.5 Å². The van der Waals surface area contributed by atoms with Gasteiger partial charge in [0.15, 0.2) is 0 Å². The second-order valence-electron chi connectivity index (χ2n) is 9.35. The van der Waals surface area contributed by atoms with E-state index in [9.17, 15) is 5.11 Å². The Bertz CT molecular complexity index is 520. The number of aliphatic hydroxyl groups excluding tert-OH is 2. The lowest BCUT2D eigenvalue weighted by molar-refractivity contribution is -0.140. The fraction of sp³-hybridized carbons (Fsp3) is 0.905. The molecular weight excluding hydrogens is 316 g/mol. The van der Waals surface area contributed by atoms with Gasteiger partial charge in [0.05, 0.1) is 12.2 Å². The summed E-state index contributed by atoms with van der Waals surface area (Å²) in [6.07, 6.45) is 13.4. The van der Waals surface area contributed by atoms with Crippen LogP contribution in [-0.2, 0) is 9.47 Å². The molecule has 0 bridgehead atoms. The Morgan fingerprint density at radius 1 is 0.960 bits per heavy atom. The summed E-state index contributed by atoms with van der Waals surface area (Å²) in [4.78, 5) is 0. The quantitative estimate of drug-likeness (QED) is 0.602. The molecule has 142 valence electrons. The molecular formula is C21H34O4. The predicted molar refractivity (Wildman–Crippen MR) is 95.6 cm³/mol. The van der Waals surface area contributed by atoms with Crippen LogP contribution in [0.15, 0.2) is 12.2 Å². The van der Waals surface area contributed by atoms with Gasteiger partial charge in [0.2, 0.25) is 0 Å². The third-order valence-electron chi connectivity index (χ3n) is 8.63. The number of hydrogen-bond donors (Lipinski definition) is 2. The van der Waals surface area contributed by atoms with E-state index in [1.54, 1.807) is 0 Å². The van der Waals surface area contributed by atoms with E-state index in [4.69, 9.17) is 14.6 Å². The van der Waals surface area contributed by atoms with E-state index in [2.05, 4.69) is 26.0 Å². The standard InChI is InChI=1S/C21H34O4/c1-20-9-7-15(24-12-22)11-14(20)3-4-16-17-5-6-19(25-13-23)21(17,2)10-8-18(16)20/h7,9,14-19,22-23H,3-6,8,10-13H2,1-2H3/t14?,15?,16-,17-,18+,19?,20-,21-/m0/s1. The van der Waals surface area contributed by atoms with Crippen molar-refractivity contribution < 1.29 is 19.7 Å². The molecule has 4 aliphatic carbocycles. The van der Waals surface area contributed by atoms with Gasteiger partial charge in [0.1, 0.15) is 13.6 Å². The summed E-state index contributed by atoms with van der Waals surface area (Å²) in [7, 11) is 0. The lowest BCUT2D eigenvalue weighted by Gasteiger charge is -2.59. The smallest absolute Gasteiger partial charge is 0.144 e. The summed E-state index contributed by atoms with van der Waals surface area (Å²) < 4.78 is 11.2. The van der Waals surface area contributed by atoms with E-state index in [1.165, 1.54) is 32.1 Å². The maximum Gasteiger partial charge on any atom is 0.144 e. The van der Waals surface area contributed by atoms with E-state index < -0.39 is 0 Å². The van der Waals surface area contributed by atoms with Crippen molar-refractivity contribution >= 4 is 0 Å². The molecule has 4 nitrogen and oxygen atoms in total. The summed E-state index contributed by atoms with van der Waals surface area (Å²) in [6, 6.07) is 0. The van der Waals surface area contributed by atoms with Crippen molar-refractivity contribution in [1.82, 2.24) is 0 Å². The van der Waals surface area contributed by atoms with Crippen LogP contribution >= 0.6 is 0 Å². The number of allylic oxidation sites excluding steroid dienone is 1. The highest BCUT2D eigenvalue weighted by molar-refractivity contribution is 5.17. The van der Waals surface area contributed by atoms with Crippen molar-refractivity contribution in [2.45, 2.75) is 71.0 Å². The van der Waals surface area contributed by atoms with Gasteiger partial charge in [0.25, 0.3) is 0 Å². The van der Waals surface area contributed by atoms with Crippen molar-refractivity contribution in [2.75, 3.05) is 13.6 Å². The van der Waals surface area contributed by atoms with Gasteiger partial charge in [-0.1, -0.05) is 26.0 Å². The molecule has 4 rings (SSSR count). The van der Waals surface area contributed by atoms with E-state index in [1.807, 2.05) is 0 Å². The predicted octanol–water partition coefficient (Wildman–Crippen LogP) is 3.48. The minimum atomic E-state index is -0.183. The number of hydrogen-bond acceptors (Lipinski definition) is 4. The van der Waals surface area contributed by atoms with Gasteiger partial charge in [-0.3, -0.25) is 0 Å². The minimum absolute atomic E-state index is 0.0855. The molecule has 2 N–H and O–H groups in total. The highest BCUT2D eigenvalue weighted by atomic mass is 16.6. The van der Waals surface area contributed by atoms with Gasteiger partial charge >= 0.3 is 0 Å². The minimum Gasteiger partial charge on any atom is -0.371 e. The largest absolute Gasteiger partial charge is 0.371 e. The first-order valence-electron chi connectivity index (χ1n) is 10.2. The molecule has 3 fully saturated rings. The average Bonchev–Trinajstić information content (AvgIpc) is 2.93. The van der Waals surface area contributed by atoms with Crippen LogP contribution in [0.25, 0.3) is 0 Å². The summed E-state index contributed by atoms with van der Waals surface area (Å²) in [5, 5.41) is 18.3. The van der Waals surface area contributed by atoms with E-state index in [-0.39, 0.29) is 36.6 Å². The maximum atomic E-state index is 9.27. The molecule has 8 atom stereocenters. The van der Waals surface area contributed by atoms with Crippen molar-refractivity contribution in [3.05, 3.63) is 12.2 Å². The van der Waals surface area contributed by atoms with Crippen LogP contribution < -0.4 is 0 Å². The molecule has 4 aliphatic rings. The Kier molecular flexibility index (Phi) is 4.77. The first kappa shape index (κ1) is 18.0. The first-order valence-corrected chi connectivity index (χ1v) is 10.2. The summed E-state index contributed by atoms with van der Waals surface area (Å²) >= 11 is 0. The van der Waals surface area contributed by atoms with Crippen LogP contribution in [0.3, 0.4) is 0 Å². The fourth-order valence-electron chi connectivity index (χ4n) is 7.31. The molecule has 0 aromatic rings. The zero-order chi connectivity index (χ0) is 17.7. The van der Waals surface area contributed by atoms with Gasteiger partial charge in [-0.2, -0.15) is 0 Å². The average molecular weight is 350 g/mol. The Balaban J connectivity index is 1.56. The maximum absolute atomic E-state index is 9.27. The third kappa shape index (κ3) is 2.72. The van der Waals surface area contributed by atoms with Gasteiger partial charge in [-0.25, -0.2) is 0 Å². The van der Waals surface area contributed by atoms with E-state index in [0.717, 1.165) is 30.6 Å². The highest BCUT2D eigenvalue weighted by Crippen LogP contribution is 2.65. The van der Waals surface area contributed by atoms with Gasteiger partial charge in [0, 0.05) is 0 Å². The lowest BCUT2D eigenvalue weighted by atomic mass is 9.46. The molecule has 3 unspecified atom stereocenters. The molecule has 0 heterocycles. The van der Waals surface area contributed by atoms with Crippen molar-refractivity contribution in [2.24, 2.45) is 34.5 Å². The lowest BCUT2D eigenvalue weighted by Crippen LogP contribution is -2.53. The zero-order valence-electron chi connectivity index (χ0n) is 15.7. The SMILES string of the molecule is C[C@]12C=CC(OCO)CC1CC[C@@H]1[C@H]2CC[C@]2(C)C(OCO)CC[C@@H]12. The van der Waals surface area contributed by atoms with Crippen LogP contribution in [0.4, 0.5) is 0 Å². The molecule has 0 spiro atoms. The van der Waals surface area contributed by atoms with Gasteiger partial charge < -0.3 is 19.7 Å². The number of fused-ring (bicyclic) bond motifs is 5. The van der Waals surface area contributed by atoms with Crippen molar-refractivity contribution in [3.63, 3.8) is 0 Å². The molecule has 3 saturated carbocycles. The molecule has 0 aromatic heterocycles. The molecule has 0 aromatic carbocycles. The Labute approximate surface area is 151 Å².